The first-order valence-electron chi connectivity index (χ1n) is 8.06. The van der Waals surface area contributed by atoms with E-state index in [1.165, 1.54) is 19.3 Å². The fourth-order valence-electron chi connectivity index (χ4n) is 1.60. The number of phenols is 1. The molecule has 0 spiro atoms. The summed E-state index contributed by atoms with van der Waals surface area (Å²) in [7, 11) is 2.03. The molecule has 0 unspecified atom stereocenters. The molecule has 0 atom stereocenters. The highest BCUT2D eigenvalue weighted by Gasteiger charge is 2.13. The molecule has 1 aliphatic rings. The lowest BCUT2D eigenvalue weighted by molar-refractivity contribution is -0.116. The average Bonchev–Trinajstić information content (AvgIpc) is 2.45. The highest BCUT2D eigenvalue weighted by molar-refractivity contribution is 5.78. The Labute approximate surface area is 130 Å². The van der Waals surface area contributed by atoms with Crippen LogP contribution in [0.15, 0.2) is 24.3 Å². The maximum absolute atomic E-state index is 10.6. The maximum atomic E-state index is 10.6. The molecule has 0 aliphatic heterocycles. The van der Waals surface area contributed by atoms with Gasteiger partial charge in [-0.1, -0.05) is 46.2 Å². The van der Waals surface area contributed by atoms with Crippen LogP contribution < -0.4 is 5.32 Å². The molecule has 0 saturated heterocycles. The van der Waals surface area contributed by atoms with Crippen molar-refractivity contribution in [1.82, 2.24) is 5.32 Å². The summed E-state index contributed by atoms with van der Waals surface area (Å²) >= 11 is 0. The van der Waals surface area contributed by atoms with Crippen molar-refractivity contribution in [1.29, 1.82) is 0 Å². The summed E-state index contributed by atoms with van der Waals surface area (Å²) in [5, 5.41) is 12.1. The number of ketones is 1. The Morgan fingerprint density at radius 1 is 1.14 bits per heavy atom. The maximum Gasteiger partial charge on any atom is 0.134 e. The zero-order chi connectivity index (χ0) is 16.7. The number of aromatic hydroxyl groups is 1. The first-order chi connectivity index (χ1) is 10.1. The molecular weight excluding hydrogens is 262 g/mol. The van der Waals surface area contributed by atoms with Gasteiger partial charge < -0.3 is 10.4 Å². The van der Waals surface area contributed by atoms with E-state index in [1.54, 1.807) is 31.2 Å². The van der Waals surface area contributed by atoms with Crippen molar-refractivity contribution < 1.29 is 9.90 Å². The van der Waals surface area contributed by atoms with Crippen LogP contribution in [-0.2, 0) is 11.2 Å². The van der Waals surface area contributed by atoms with E-state index in [2.05, 4.69) is 5.32 Å². The fraction of sp³-hybridized carbons (Fsp3) is 0.611. The van der Waals surface area contributed by atoms with Crippen LogP contribution in [0.3, 0.4) is 0 Å². The molecule has 0 aromatic heterocycles. The van der Waals surface area contributed by atoms with Crippen molar-refractivity contribution in [2.24, 2.45) is 0 Å². The first-order valence-corrected chi connectivity index (χ1v) is 8.06. The zero-order valence-corrected chi connectivity index (χ0v) is 14.6. The minimum Gasteiger partial charge on any atom is -0.508 e. The van der Waals surface area contributed by atoms with Crippen LogP contribution in [0.4, 0.5) is 0 Å². The molecule has 2 rings (SSSR count). The predicted molar refractivity (Wildman–Crippen MR) is 91.9 cm³/mol. The van der Waals surface area contributed by atoms with Crippen LogP contribution in [0.5, 0.6) is 5.75 Å². The van der Waals surface area contributed by atoms with E-state index in [-0.39, 0.29) is 11.5 Å². The largest absolute Gasteiger partial charge is 0.508 e. The Balaban J connectivity index is 0. The number of hydrogen-bond acceptors (Lipinski definition) is 3. The molecule has 0 radical (unpaired) electrons. The van der Waals surface area contributed by atoms with E-state index in [9.17, 15) is 4.79 Å². The molecule has 3 nitrogen and oxygen atoms in total. The molecule has 122 valence electrons. The van der Waals surface area contributed by atoms with E-state index in [4.69, 9.17) is 5.11 Å². The smallest absolute Gasteiger partial charge is 0.134 e. The van der Waals surface area contributed by atoms with Gasteiger partial charge in [-0.3, -0.25) is 4.79 Å². The number of carbonyl (C=O) groups is 1. The summed E-state index contributed by atoms with van der Waals surface area (Å²) in [5.74, 6) is 0.369. The Kier molecular flexibility index (Phi) is 15.7. The van der Waals surface area contributed by atoms with E-state index in [1.807, 2.05) is 34.7 Å². The highest BCUT2D eigenvalue weighted by atomic mass is 16.3. The van der Waals surface area contributed by atoms with Gasteiger partial charge in [-0.15, -0.1) is 0 Å². The van der Waals surface area contributed by atoms with Gasteiger partial charge in [0.15, 0.2) is 0 Å². The fourth-order valence-corrected chi connectivity index (χ4v) is 1.60. The first kappa shape index (κ1) is 21.9. The number of Topliss-reactive ketones (excluding diaryl/α,β-unsaturated/α-hetero) is 1. The molecule has 1 aromatic carbocycles. The molecule has 1 aliphatic carbocycles. The van der Waals surface area contributed by atoms with Gasteiger partial charge in [-0.25, -0.2) is 0 Å². The van der Waals surface area contributed by atoms with Gasteiger partial charge in [0, 0.05) is 12.5 Å². The van der Waals surface area contributed by atoms with Gasteiger partial charge >= 0.3 is 0 Å². The second-order valence-electron chi connectivity index (χ2n) is 4.46. The average molecular weight is 295 g/mol. The van der Waals surface area contributed by atoms with Gasteiger partial charge in [0.25, 0.3) is 0 Å². The van der Waals surface area contributed by atoms with Crippen molar-refractivity contribution in [2.45, 2.75) is 66.3 Å². The number of hydrogen-bond donors (Lipinski definition) is 2. The summed E-state index contributed by atoms with van der Waals surface area (Å²) in [4.78, 5) is 10.6. The zero-order valence-electron chi connectivity index (χ0n) is 14.6. The third kappa shape index (κ3) is 12.1. The Bertz CT molecular complexity index is 340. The van der Waals surface area contributed by atoms with Gasteiger partial charge in [0.2, 0.25) is 0 Å². The minimum absolute atomic E-state index is 0.135. The third-order valence-corrected chi connectivity index (χ3v) is 2.90. The summed E-state index contributed by atoms with van der Waals surface area (Å²) in [5.41, 5.74) is 0.940. The van der Waals surface area contributed by atoms with Crippen molar-refractivity contribution in [3.8, 4) is 5.75 Å². The summed E-state index contributed by atoms with van der Waals surface area (Å²) in [6, 6.07) is 7.52. The summed E-state index contributed by atoms with van der Waals surface area (Å²) < 4.78 is 0. The molecule has 1 aromatic rings. The van der Waals surface area contributed by atoms with Crippen molar-refractivity contribution in [2.75, 3.05) is 7.05 Å². The molecule has 1 fully saturated rings. The highest BCUT2D eigenvalue weighted by Crippen LogP contribution is 2.16. The second kappa shape index (κ2) is 15.0. The quantitative estimate of drug-likeness (QED) is 0.872. The van der Waals surface area contributed by atoms with Crippen molar-refractivity contribution in [3.05, 3.63) is 29.8 Å². The predicted octanol–water partition coefficient (Wildman–Crippen LogP) is 4.33. The summed E-state index contributed by atoms with van der Waals surface area (Å²) in [6.07, 6.45) is 4.68. The van der Waals surface area contributed by atoms with Crippen LogP contribution in [0, 0.1) is 0 Å². The monoisotopic (exact) mass is 295 g/mol. The molecule has 0 heterocycles. The van der Waals surface area contributed by atoms with Crippen LogP contribution in [-0.4, -0.2) is 24.0 Å². The van der Waals surface area contributed by atoms with Crippen molar-refractivity contribution in [3.63, 3.8) is 0 Å². The molecule has 3 heteroatoms. The number of rotatable bonds is 3. The Hall–Kier alpha value is -1.35. The van der Waals surface area contributed by atoms with E-state index < -0.39 is 0 Å². The molecule has 0 amide bonds. The van der Waals surface area contributed by atoms with E-state index in [0.717, 1.165) is 11.6 Å². The Morgan fingerprint density at radius 3 is 1.86 bits per heavy atom. The minimum atomic E-state index is 0.135. The standard InChI is InChI=1S/C9H10O2.C5H11N.2C2H6/c1-7(10)6-8-2-4-9(11)5-3-8;1-6-5-3-2-4-5;2*1-2/h2-5,11H,6H2,1H3;5-6H,2-4H2,1H3;2*1-2H3. The third-order valence-electron chi connectivity index (χ3n) is 2.90. The van der Waals surface area contributed by atoms with Crippen LogP contribution in [0.25, 0.3) is 0 Å². The molecule has 2 N–H and O–H groups in total. The van der Waals surface area contributed by atoms with Gasteiger partial charge in [0.05, 0.1) is 0 Å². The molecule has 21 heavy (non-hydrogen) atoms. The van der Waals surface area contributed by atoms with Crippen molar-refractivity contribution >= 4 is 5.78 Å². The van der Waals surface area contributed by atoms with Gasteiger partial charge in [0.1, 0.15) is 11.5 Å². The number of phenolic OH excluding ortho intramolecular Hbond substituents is 1. The van der Waals surface area contributed by atoms with E-state index >= 15 is 0 Å². The van der Waals surface area contributed by atoms with Crippen LogP contribution in [0.1, 0.15) is 59.4 Å². The molecular formula is C18H33NO2. The lowest BCUT2D eigenvalue weighted by atomic mass is 9.94. The van der Waals surface area contributed by atoms with Crippen LogP contribution in [0.2, 0.25) is 0 Å². The topological polar surface area (TPSA) is 49.3 Å². The second-order valence-corrected chi connectivity index (χ2v) is 4.46. The van der Waals surface area contributed by atoms with Gasteiger partial charge in [-0.2, -0.15) is 0 Å². The number of nitrogens with one attached hydrogen (secondary N) is 1. The number of carbonyl (C=O) groups excluding carboxylic acids is 1. The normalized spacial score (nSPS) is 12.3. The SMILES string of the molecule is CC.CC.CC(=O)Cc1ccc(O)cc1.CNC1CCC1. The number of benzene rings is 1. The van der Waals surface area contributed by atoms with Crippen LogP contribution >= 0.6 is 0 Å². The van der Waals surface area contributed by atoms with Gasteiger partial charge in [-0.05, 0) is 44.5 Å². The van der Waals surface area contributed by atoms with E-state index in [0.29, 0.717) is 6.42 Å². The lowest BCUT2D eigenvalue weighted by Gasteiger charge is -2.23. The summed E-state index contributed by atoms with van der Waals surface area (Å²) in [6.45, 7) is 9.55. The molecule has 1 saturated carbocycles. The molecule has 0 bridgehead atoms. The lowest BCUT2D eigenvalue weighted by Crippen LogP contribution is -2.31. The Morgan fingerprint density at radius 2 is 1.62 bits per heavy atom.